The summed E-state index contributed by atoms with van der Waals surface area (Å²) in [6.45, 7) is 2.20. The van der Waals surface area contributed by atoms with Gasteiger partial charge in [-0.05, 0) is 18.9 Å². The predicted octanol–water partition coefficient (Wildman–Crippen LogP) is 1.24. The standard InChI is InChI=1S/C14H17FN2O3/c15-11-6-10(7-16-8-11)14(18)17-3-5-19-9-12(17)13-2-1-4-20-13/h6-8,12-13H,1-5,9H2/t12-,13-/m0/s1. The van der Waals surface area contributed by atoms with Crippen LogP contribution in [-0.2, 0) is 9.47 Å². The van der Waals surface area contributed by atoms with Crippen molar-refractivity contribution < 1.29 is 18.7 Å². The highest BCUT2D eigenvalue weighted by Gasteiger charge is 2.36. The molecule has 1 aromatic heterocycles. The number of pyridine rings is 1. The summed E-state index contributed by atoms with van der Waals surface area (Å²) < 4.78 is 24.3. The Hall–Kier alpha value is -1.53. The van der Waals surface area contributed by atoms with Gasteiger partial charge in [0.2, 0.25) is 0 Å². The molecular weight excluding hydrogens is 263 g/mol. The maximum atomic E-state index is 13.2. The van der Waals surface area contributed by atoms with Crippen molar-refractivity contribution in [1.29, 1.82) is 0 Å². The van der Waals surface area contributed by atoms with Gasteiger partial charge in [0.1, 0.15) is 5.82 Å². The molecule has 0 radical (unpaired) electrons. The lowest BCUT2D eigenvalue weighted by molar-refractivity contribution is -0.0531. The second-order valence-corrected chi connectivity index (χ2v) is 5.08. The fraction of sp³-hybridized carbons (Fsp3) is 0.571. The molecule has 108 valence electrons. The number of hydrogen-bond donors (Lipinski definition) is 0. The van der Waals surface area contributed by atoms with Crippen molar-refractivity contribution in [2.75, 3.05) is 26.4 Å². The van der Waals surface area contributed by atoms with Crippen molar-refractivity contribution in [1.82, 2.24) is 9.88 Å². The Kier molecular flexibility index (Phi) is 3.93. The van der Waals surface area contributed by atoms with E-state index in [-0.39, 0.29) is 23.6 Å². The monoisotopic (exact) mass is 280 g/mol. The smallest absolute Gasteiger partial charge is 0.256 e. The lowest BCUT2D eigenvalue weighted by Crippen LogP contribution is -2.54. The number of carbonyl (C=O) groups excluding carboxylic acids is 1. The van der Waals surface area contributed by atoms with E-state index in [2.05, 4.69) is 4.98 Å². The van der Waals surface area contributed by atoms with E-state index in [9.17, 15) is 9.18 Å². The summed E-state index contributed by atoms with van der Waals surface area (Å²) in [4.78, 5) is 18.0. The number of hydrogen-bond acceptors (Lipinski definition) is 4. The summed E-state index contributed by atoms with van der Waals surface area (Å²) in [5.74, 6) is -0.710. The summed E-state index contributed by atoms with van der Waals surface area (Å²) in [7, 11) is 0. The van der Waals surface area contributed by atoms with Crippen molar-refractivity contribution in [2.24, 2.45) is 0 Å². The molecule has 2 saturated heterocycles. The van der Waals surface area contributed by atoms with E-state index >= 15 is 0 Å². The molecule has 0 saturated carbocycles. The van der Waals surface area contributed by atoms with E-state index in [1.54, 1.807) is 4.90 Å². The predicted molar refractivity (Wildman–Crippen MR) is 68.8 cm³/mol. The van der Waals surface area contributed by atoms with Gasteiger partial charge < -0.3 is 14.4 Å². The van der Waals surface area contributed by atoms with E-state index in [1.807, 2.05) is 0 Å². The molecule has 2 aliphatic rings. The quantitative estimate of drug-likeness (QED) is 0.818. The van der Waals surface area contributed by atoms with Gasteiger partial charge in [-0.1, -0.05) is 0 Å². The molecular formula is C14H17FN2O3. The molecule has 20 heavy (non-hydrogen) atoms. The topological polar surface area (TPSA) is 51.7 Å². The van der Waals surface area contributed by atoms with Gasteiger partial charge in [0, 0.05) is 19.3 Å². The lowest BCUT2D eigenvalue weighted by Gasteiger charge is -2.38. The van der Waals surface area contributed by atoms with Crippen molar-refractivity contribution >= 4 is 5.91 Å². The maximum Gasteiger partial charge on any atom is 0.256 e. The second kappa shape index (κ2) is 5.85. The molecule has 0 N–H and O–H groups in total. The van der Waals surface area contributed by atoms with Gasteiger partial charge in [-0.25, -0.2) is 4.39 Å². The van der Waals surface area contributed by atoms with Crippen LogP contribution in [0.5, 0.6) is 0 Å². The first-order chi connectivity index (χ1) is 9.75. The SMILES string of the molecule is O=C(c1cncc(F)c1)N1CCOC[C@H]1[C@@H]1CCCO1. The Morgan fingerprint density at radius 2 is 2.30 bits per heavy atom. The molecule has 2 atom stereocenters. The lowest BCUT2D eigenvalue weighted by atomic mass is 10.0. The summed E-state index contributed by atoms with van der Waals surface area (Å²) >= 11 is 0. The van der Waals surface area contributed by atoms with E-state index in [1.165, 1.54) is 12.3 Å². The molecule has 2 fully saturated rings. The van der Waals surface area contributed by atoms with Crippen LogP contribution in [0.25, 0.3) is 0 Å². The van der Waals surface area contributed by atoms with Crippen molar-refractivity contribution in [3.05, 3.63) is 29.8 Å². The Bertz CT molecular complexity index is 491. The minimum atomic E-state index is -0.502. The number of halogens is 1. The molecule has 0 aliphatic carbocycles. The molecule has 3 rings (SSSR count). The Morgan fingerprint density at radius 3 is 3.05 bits per heavy atom. The van der Waals surface area contributed by atoms with Crippen LogP contribution in [0, 0.1) is 5.82 Å². The van der Waals surface area contributed by atoms with Crippen molar-refractivity contribution in [3.63, 3.8) is 0 Å². The molecule has 0 bridgehead atoms. The molecule has 2 aliphatic heterocycles. The van der Waals surface area contributed by atoms with Gasteiger partial charge in [-0.15, -0.1) is 0 Å². The summed E-state index contributed by atoms with van der Waals surface area (Å²) in [5, 5.41) is 0. The molecule has 0 spiro atoms. The maximum absolute atomic E-state index is 13.2. The number of amides is 1. The zero-order chi connectivity index (χ0) is 13.9. The van der Waals surface area contributed by atoms with Crippen molar-refractivity contribution in [2.45, 2.75) is 25.0 Å². The molecule has 5 nitrogen and oxygen atoms in total. The van der Waals surface area contributed by atoms with Crippen LogP contribution >= 0.6 is 0 Å². The van der Waals surface area contributed by atoms with E-state index in [4.69, 9.17) is 9.47 Å². The van der Waals surface area contributed by atoms with Gasteiger partial charge in [0.15, 0.2) is 0 Å². The number of morpholine rings is 1. The van der Waals surface area contributed by atoms with Gasteiger partial charge in [0.25, 0.3) is 5.91 Å². The highest BCUT2D eigenvalue weighted by Crippen LogP contribution is 2.23. The zero-order valence-corrected chi connectivity index (χ0v) is 11.1. The van der Waals surface area contributed by atoms with Gasteiger partial charge in [0.05, 0.1) is 37.1 Å². The van der Waals surface area contributed by atoms with Crippen LogP contribution < -0.4 is 0 Å². The molecule has 0 aromatic carbocycles. The number of ether oxygens (including phenoxy) is 2. The fourth-order valence-corrected chi connectivity index (χ4v) is 2.78. The molecule has 6 heteroatoms. The minimum Gasteiger partial charge on any atom is -0.377 e. The Morgan fingerprint density at radius 1 is 1.40 bits per heavy atom. The summed E-state index contributed by atoms with van der Waals surface area (Å²) in [6.07, 6.45) is 4.44. The third-order valence-corrected chi connectivity index (χ3v) is 3.77. The van der Waals surface area contributed by atoms with Crippen LogP contribution in [0.15, 0.2) is 18.5 Å². The van der Waals surface area contributed by atoms with E-state index < -0.39 is 5.82 Å². The average molecular weight is 280 g/mol. The summed E-state index contributed by atoms with van der Waals surface area (Å²) in [6, 6.07) is 1.12. The van der Waals surface area contributed by atoms with Gasteiger partial charge in [-0.2, -0.15) is 0 Å². The third-order valence-electron chi connectivity index (χ3n) is 3.77. The van der Waals surface area contributed by atoms with Crippen LogP contribution in [0.2, 0.25) is 0 Å². The number of carbonyl (C=O) groups is 1. The molecule has 3 heterocycles. The van der Waals surface area contributed by atoms with Gasteiger partial charge >= 0.3 is 0 Å². The first-order valence-electron chi connectivity index (χ1n) is 6.86. The van der Waals surface area contributed by atoms with Crippen LogP contribution in [0.3, 0.4) is 0 Å². The van der Waals surface area contributed by atoms with Crippen molar-refractivity contribution in [3.8, 4) is 0 Å². The first kappa shape index (κ1) is 13.5. The third kappa shape index (κ3) is 2.66. The normalized spacial score (nSPS) is 26.8. The highest BCUT2D eigenvalue weighted by molar-refractivity contribution is 5.94. The van der Waals surface area contributed by atoms with E-state index in [0.717, 1.165) is 25.6 Å². The van der Waals surface area contributed by atoms with Crippen LogP contribution in [-0.4, -0.2) is 54.3 Å². The summed E-state index contributed by atoms with van der Waals surface area (Å²) in [5.41, 5.74) is 0.273. The molecule has 0 unspecified atom stereocenters. The largest absolute Gasteiger partial charge is 0.377 e. The Labute approximate surface area is 116 Å². The molecule has 1 amide bonds. The minimum absolute atomic E-state index is 0.0146. The number of nitrogens with zero attached hydrogens (tertiary/aromatic N) is 2. The average Bonchev–Trinajstić information content (AvgIpc) is 3.00. The second-order valence-electron chi connectivity index (χ2n) is 5.08. The first-order valence-corrected chi connectivity index (χ1v) is 6.86. The molecule has 1 aromatic rings. The number of rotatable bonds is 2. The number of aromatic nitrogens is 1. The van der Waals surface area contributed by atoms with E-state index in [0.29, 0.717) is 19.8 Å². The van der Waals surface area contributed by atoms with Crippen LogP contribution in [0.4, 0.5) is 4.39 Å². The Balaban J connectivity index is 1.80. The van der Waals surface area contributed by atoms with Gasteiger partial charge in [-0.3, -0.25) is 9.78 Å². The fourth-order valence-electron chi connectivity index (χ4n) is 2.78. The zero-order valence-electron chi connectivity index (χ0n) is 11.1. The van der Waals surface area contributed by atoms with Crippen LogP contribution in [0.1, 0.15) is 23.2 Å². The highest BCUT2D eigenvalue weighted by atomic mass is 19.1.